The predicted molar refractivity (Wildman–Crippen MR) is 92.5 cm³/mol. The normalized spacial score (nSPS) is 10.5. The number of nitrogens with zero attached hydrogens (tertiary/aromatic N) is 3. The molecule has 0 aliphatic carbocycles. The highest BCUT2D eigenvalue weighted by molar-refractivity contribution is 7.14. The van der Waals surface area contributed by atoms with Crippen molar-refractivity contribution in [3.63, 3.8) is 0 Å². The zero-order valence-corrected chi connectivity index (χ0v) is 14.1. The number of rotatable bonds is 8. The Morgan fingerprint density at radius 2 is 2.22 bits per heavy atom. The van der Waals surface area contributed by atoms with E-state index in [0.717, 1.165) is 24.1 Å². The van der Waals surface area contributed by atoms with Gasteiger partial charge >= 0.3 is 6.03 Å². The van der Waals surface area contributed by atoms with Crippen LogP contribution in [0.4, 0.5) is 9.93 Å². The molecule has 0 aliphatic heterocycles. The summed E-state index contributed by atoms with van der Waals surface area (Å²) in [6, 6.07) is 3.62. The molecule has 0 aromatic carbocycles. The van der Waals surface area contributed by atoms with Gasteiger partial charge in [-0.25, -0.2) is 9.78 Å². The lowest BCUT2D eigenvalue weighted by Crippen LogP contribution is -2.36. The highest BCUT2D eigenvalue weighted by Crippen LogP contribution is 2.24. The van der Waals surface area contributed by atoms with Crippen molar-refractivity contribution >= 4 is 22.5 Å². The first kappa shape index (κ1) is 17.4. The molecule has 0 unspecified atom stereocenters. The lowest BCUT2D eigenvalue weighted by molar-refractivity contribution is 0.201. The minimum absolute atomic E-state index is 0.0817. The number of aromatic nitrogens is 2. The van der Waals surface area contributed by atoms with Crippen molar-refractivity contribution in [3.8, 4) is 11.3 Å². The largest absolute Gasteiger partial charge is 0.396 e. The third-order valence-corrected chi connectivity index (χ3v) is 4.09. The van der Waals surface area contributed by atoms with E-state index in [1.807, 2.05) is 17.5 Å². The molecule has 0 radical (unpaired) electrons. The lowest BCUT2D eigenvalue weighted by Gasteiger charge is -2.21. The average Bonchev–Trinajstić information content (AvgIpc) is 3.04. The summed E-state index contributed by atoms with van der Waals surface area (Å²) in [5.41, 5.74) is 1.72. The van der Waals surface area contributed by atoms with Gasteiger partial charge in [0, 0.05) is 43.0 Å². The number of aliphatic hydroxyl groups is 1. The zero-order valence-electron chi connectivity index (χ0n) is 13.2. The number of hydrogen-bond donors (Lipinski definition) is 2. The van der Waals surface area contributed by atoms with Crippen molar-refractivity contribution in [2.24, 2.45) is 0 Å². The van der Waals surface area contributed by atoms with Crippen molar-refractivity contribution in [3.05, 3.63) is 29.9 Å². The predicted octanol–water partition coefficient (Wildman–Crippen LogP) is 3.22. The Balaban J connectivity index is 1.99. The molecule has 6 nitrogen and oxygen atoms in total. The number of urea groups is 1. The monoisotopic (exact) mass is 334 g/mol. The van der Waals surface area contributed by atoms with Crippen molar-refractivity contribution in [2.75, 3.05) is 25.0 Å². The lowest BCUT2D eigenvalue weighted by atomic mass is 10.2. The Morgan fingerprint density at radius 3 is 2.91 bits per heavy atom. The van der Waals surface area contributed by atoms with Crippen molar-refractivity contribution in [1.29, 1.82) is 0 Å². The minimum atomic E-state index is -0.168. The highest BCUT2D eigenvalue weighted by atomic mass is 32.1. The van der Waals surface area contributed by atoms with Gasteiger partial charge in [-0.2, -0.15) is 0 Å². The molecular formula is C16H22N4O2S. The summed E-state index contributed by atoms with van der Waals surface area (Å²) in [6.07, 6.45) is 6.00. The van der Waals surface area contributed by atoms with Gasteiger partial charge in [0.2, 0.25) is 0 Å². The number of carbonyl (C=O) groups is 1. The molecular weight excluding hydrogens is 312 g/mol. The molecule has 0 fully saturated rings. The first-order chi connectivity index (χ1) is 11.2. The fourth-order valence-corrected chi connectivity index (χ4v) is 2.78. The molecule has 23 heavy (non-hydrogen) atoms. The van der Waals surface area contributed by atoms with Crippen LogP contribution in [-0.2, 0) is 0 Å². The van der Waals surface area contributed by atoms with Gasteiger partial charge in [-0.1, -0.05) is 13.3 Å². The van der Waals surface area contributed by atoms with Crippen molar-refractivity contribution < 1.29 is 9.90 Å². The Morgan fingerprint density at radius 1 is 1.39 bits per heavy atom. The molecule has 0 spiro atoms. The molecule has 2 rings (SSSR count). The van der Waals surface area contributed by atoms with Gasteiger partial charge in [-0.3, -0.25) is 10.3 Å². The Hall–Kier alpha value is -1.99. The van der Waals surface area contributed by atoms with E-state index in [-0.39, 0.29) is 12.6 Å². The smallest absolute Gasteiger partial charge is 0.323 e. The van der Waals surface area contributed by atoms with E-state index >= 15 is 0 Å². The van der Waals surface area contributed by atoms with Crippen molar-refractivity contribution in [1.82, 2.24) is 14.9 Å². The number of amides is 2. The molecule has 0 aliphatic rings. The van der Waals surface area contributed by atoms with Crippen LogP contribution in [-0.4, -0.2) is 45.7 Å². The van der Waals surface area contributed by atoms with Crippen LogP contribution in [0.3, 0.4) is 0 Å². The van der Waals surface area contributed by atoms with Crippen LogP contribution in [0, 0.1) is 0 Å². The summed E-state index contributed by atoms with van der Waals surface area (Å²) in [5, 5.41) is 14.3. The first-order valence-corrected chi connectivity index (χ1v) is 8.65. The standard InChI is InChI=1S/C16H22N4O2S/c1-2-3-8-20(9-5-10-21)16(22)19-15-18-14(12-23-15)13-6-4-7-17-11-13/h4,6-7,11-12,21H,2-3,5,8-10H2,1H3,(H,18,19,22). The maximum atomic E-state index is 12.4. The summed E-state index contributed by atoms with van der Waals surface area (Å²) >= 11 is 1.39. The van der Waals surface area contributed by atoms with E-state index in [1.54, 1.807) is 17.3 Å². The van der Waals surface area contributed by atoms with Gasteiger partial charge in [-0.15, -0.1) is 11.3 Å². The van der Waals surface area contributed by atoms with Crippen LogP contribution in [0.1, 0.15) is 26.2 Å². The average molecular weight is 334 g/mol. The third-order valence-electron chi connectivity index (χ3n) is 3.33. The van der Waals surface area contributed by atoms with Gasteiger partial charge < -0.3 is 10.0 Å². The highest BCUT2D eigenvalue weighted by Gasteiger charge is 2.14. The number of pyridine rings is 1. The Bertz CT molecular complexity index is 595. The van der Waals surface area contributed by atoms with Gasteiger partial charge in [-0.05, 0) is 25.0 Å². The third kappa shape index (κ3) is 5.30. The minimum Gasteiger partial charge on any atom is -0.396 e. The second-order valence-corrected chi connectivity index (χ2v) is 5.99. The molecule has 2 amide bonds. The van der Waals surface area contributed by atoms with E-state index in [4.69, 9.17) is 5.11 Å². The molecule has 0 saturated carbocycles. The number of hydrogen-bond acceptors (Lipinski definition) is 5. The number of carbonyl (C=O) groups excluding carboxylic acids is 1. The zero-order chi connectivity index (χ0) is 16.5. The quantitative estimate of drug-likeness (QED) is 0.777. The number of nitrogens with one attached hydrogen (secondary N) is 1. The van der Waals surface area contributed by atoms with Crippen molar-refractivity contribution in [2.45, 2.75) is 26.2 Å². The number of anilines is 1. The second kappa shape index (κ2) is 9.22. The summed E-state index contributed by atoms with van der Waals surface area (Å²) < 4.78 is 0. The van der Waals surface area contributed by atoms with Gasteiger partial charge in [0.15, 0.2) is 5.13 Å². The van der Waals surface area contributed by atoms with Crippen LogP contribution in [0.25, 0.3) is 11.3 Å². The maximum absolute atomic E-state index is 12.4. The molecule has 124 valence electrons. The molecule has 0 bridgehead atoms. The fourth-order valence-electron chi connectivity index (χ4n) is 2.07. The van der Waals surface area contributed by atoms with Crippen LogP contribution < -0.4 is 5.32 Å². The molecule has 0 atom stereocenters. The number of aliphatic hydroxyl groups excluding tert-OH is 1. The van der Waals surface area contributed by atoms with Crippen LogP contribution in [0.5, 0.6) is 0 Å². The topological polar surface area (TPSA) is 78.4 Å². The molecule has 2 N–H and O–H groups in total. The van der Waals surface area contributed by atoms with E-state index in [9.17, 15) is 4.79 Å². The maximum Gasteiger partial charge on any atom is 0.323 e. The van der Waals surface area contributed by atoms with E-state index in [2.05, 4.69) is 22.2 Å². The first-order valence-electron chi connectivity index (χ1n) is 7.77. The number of thiazole rings is 1. The second-order valence-electron chi connectivity index (χ2n) is 5.13. The van der Waals surface area contributed by atoms with Gasteiger partial charge in [0.05, 0.1) is 5.69 Å². The Labute approximate surface area is 140 Å². The van der Waals surface area contributed by atoms with E-state index in [0.29, 0.717) is 24.6 Å². The molecule has 2 aromatic heterocycles. The van der Waals surface area contributed by atoms with E-state index < -0.39 is 0 Å². The number of unbranched alkanes of at least 4 members (excludes halogenated alkanes) is 1. The Kier molecular flexibility index (Phi) is 6.96. The summed E-state index contributed by atoms with van der Waals surface area (Å²) in [5.74, 6) is 0. The summed E-state index contributed by atoms with van der Waals surface area (Å²) in [4.78, 5) is 22.6. The van der Waals surface area contributed by atoms with Crippen LogP contribution in [0.2, 0.25) is 0 Å². The molecule has 2 aromatic rings. The van der Waals surface area contributed by atoms with Gasteiger partial charge in [0.25, 0.3) is 0 Å². The van der Waals surface area contributed by atoms with E-state index in [1.165, 1.54) is 11.3 Å². The molecule has 2 heterocycles. The SMILES string of the molecule is CCCCN(CCCO)C(=O)Nc1nc(-c2cccnc2)cs1. The van der Waals surface area contributed by atoms with Gasteiger partial charge in [0.1, 0.15) is 0 Å². The molecule has 0 saturated heterocycles. The summed E-state index contributed by atoms with van der Waals surface area (Å²) in [7, 11) is 0. The summed E-state index contributed by atoms with van der Waals surface area (Å²) in [6.45, 7) is 3.40. The van der Waals surface area contributed by atoms with Crippen LogP contribution in [0.15, 0.2) is 29.9 Å². The van der Waals surface area contributed by atoms with Crippen LogP contribution >= 0.6 is 11.3 Å². The fraction of sp³-hybridized carbons (Fsp3) is 0.438. The molecule has 7 heteroatoms.